The number of amides is 1. The van der Waals surface area contributed by atoms with E-state index in [0.29, 0.717) is 25.2 Å². The van der Waals surface area contributed by atoms with Gasteiger partial charge in [-0.2, -0.15) is 0 Å². The number of nitrogens with zero attached hydrogens (tertiary/aromatic N) is 1. The quantitative estimate of drug-likeness (QED) is 0.609. The lowest BCUT2D eigenvalue weighted by Crippen LogP contribution is -2.32. The van der Waals surface area contributed by atoms with Gasteiger partial charge < -0.3 is 10.6 Å². The average molecular weight is 216 g/mol. The highest BCUT2D eigenvalue weighted by Crippen LogP contribution is 2.08. The third-order valence-electron chi connectivity index (χ3n) is 2.32. The van der Waals surface area contributed by atoms with E-state index in [2.05, 4.69) is 5.92 Å². The Morgan fingerprint density at radius 1 is 1.56 bits per heavy atom. The van der Waals surface area contributed by atoms with Crippen LogP contribution in [-0.2, 0) is 11.2 Å². The number of nitrogen functional groups attached to an aromatic ring is 1. The molecule has 2 N–H and O–H groups in total. The van der Waals surface area contributed by atoms with Crippen LogP contribution in [-0.4, -0.2) is 23.9 Å². The molecule has 0 unspecified atom stereocenters. The van der Waals surface area contributed by atoms with E-state index in [1.54, 1.807) is 11.0 Å². The summed E-state index contributed by atoms with van der Waals surface area (Å²) in [7, 11) is 0. The van der Waals surface area contributed by atoms with E-state index in [1.807, 2.05) is 25.1 Å². The molecule has 16 heavy (non-hydrogen) atoms. The second-order valence-electron chi connectivity index (χ2n) is 3.53. The van der Waals surface area contributed by atoms with Crippen LogP contribution in [0.5, 0.6) is 0 Å². The van der Waals surface area contributed by atoms with Gasteiger partial charge in [0.2, 0.25) is 5.91 Å². The first-order valence-electron chi connectivity index (χ1n) is 5.23. The van der Waals surface area contributed by atoms with Crippen LogP contribution in [0, 0.1) is 12.3 Å². The number of hydrogen-bond donors (Lipinski definition) is 1. The fourth-order valence-corrected chi connectivity index (χ4v) is 1.48. The van der Waals surface area contributed by atoms with E-state index in [1.165, 1.54) is 0 Å². The van der Waals surface area contributed by atoms with Crippen molar-refractivity contribution in [3.05, 3.63) is 29.8 Å². The third-order valence-corrected chi connectivity index (χ3v) is 2.32. The summed E-state index contributed by atoms with van der Waals surface area (Å²) in [6.45, 7) is 2.90. The number of carbonyl (C=O) groups is 1. The zero-order valence-electron chi connectivity index (χ0n) is 9.44. The molecule has 0 spiro atoms. The number of nitrogens with two attached hydrogens (primary N) is 1. The van der Waals surface area contributed by atoms with Crippen LogP contribution in [0.3, 0.4) is 0 Å². The summed E-state index contributed by atoms with van der Waals surface area (Å²) in [4.78, 5) is 13.5. The van der Waals surface area contributed by atoms with Crippen molar-refractivity contribution in [1.82, 2.24) is 4.90 Å². The first-order chi connectivity index (χ1) is 7.67. The normalized spacial score (nSPS) is 9.50. The Hall–Kier alpha value is -1.95. The monoisotopic (exact) mass is 216 g/mol. The standard InChI is InChI=1S/C13H16N2O/c1-3-8-15(4-2)13(16)10-11-6-5-7-12(14)9-11/h1,5-7,9H,4,8,10,14H2,2H3. The zero-order valence-corrected chi connectivity index (χ0v) is 9.44. The average Bonchev–Trinajstić information content (AvgIpc) is 2.25. The first-order valence-corrected chi connectivity index (χ1v) is 5.23. The number of likely N-dealkylation sites (N-methyl/N-ethyl adjacent to an activating group) is 1. The van der Waals surface area contributed by atoms with Crippen molar-refractivity contribution in [3.63, 3.8) is 0 Å². The molecule has 0 aliphatic rings. The molecule has 1 aromatic carbocycles. The summed E-state index contributed by atoms with van der Waals surface area (Å²) >= 11 is 0. The Morgan fingerprint density at radius 2 is 2.31 bits per heavy atom. The van der Waals surface area contributed by atoms with Gasteiger partial charge in [-0.25, -0.2) is 0 Å². The molecule has 1 amide bonds. The maximum Gasteiger partial charge on any atom is 0.227 e. The number of hydrogen-bond acceptors (Lipinski definition) is 2. The SMILES string of the molecule is C#CCN(CC)C(=O)Cc1cccc(N)c1. The molecule has 0 saturated heterocycles. The predicted molar refractivity (Wildman–Crippen MR) is 65.6 cm³/mol. The predicted octanol–water partition coefficient (Wildman–Crippen LogP) is 1.29. The van der Waals surface area contributed by atoms with E-state index >= 15 is 0 Å². The highest BCUT2D eigenvalue weighted by Gasteiger charge is 2.10. The van der Waals surface area contributed by atoms with Crippen LogP contribution >= 0.6 is 0 Å². The smallest absolute Gasteiger partial charge is 0.227 e. The molecule has 3 heteroatoms. The molecule has 0 radical (unpaired) electrons. The Morgan fingerprint density at radius 3 is 2.88 bits per heavy atom. The molecule has 1 aromatic rings. The molecule has 0 atom stereocenters. The number of benzene rings is 1. The van der Waals surface area contributed by atoms with Crippen LogP contribution in [0.15, 0.2) is 24.3 Å². The summed E-state index contributed by atoms with van der Waals surface area (Å²) in [6.07, 6.45) is 5.54. The fourth-order valence-electron chi connectivity index (χ4n) is 1.48. The molecule has 0 fully saturated rings. The van der Waals surface area contributed by atoms with E-state index in [9.17, 15) is 4.79 Å². The van der Waals surface area contributed by atoms with Gasteiger partial charge in [0.15, 0.2) is 0 Å². The van der Waals surface area contributed by atoms with Gasteiger partial charge >= 0.3 is 0 Å². The van der Waals surface area contributed by atoms with E-state index in [0.717, 1.165) is 5.56 Å². The summed E-state index contributed by atoms with van der Waals surface area (Å²) in [6, 6.07) is 7.34. The molecule has 0 heterocycles. The lowest BCUT2D eigenvalue weighted by Gasteiger charge is -2.17. The summed E-state index contributed by atoms with van der Waals surface area (Å²) < 4.78 is 0. The molecule has 84 valence electrons. The van der Waals surface area contributed by atoms with Crippen LogP contribution in [0.1, 0.15) is 12.5 Å². The van der Waals surface area contributed by atoms with Crippen LogP contribution in [0.2, 0.25) is 0 Å². The number of anilines is 1. The first kappa shape index (κ1) is 12.1. The van der Waals surface area contributed by atoms with Crippen molar-refractivity contribution >= 4 is 11.6 Å². The lowest BCUT2D eigenvalue weighted by atomic mass is 10.1. The van der Waals surface area contributed by atoms with Crippen molar-refractivity contribution in [3.8, 4) is 12.3 Å². The van der Waals surface area contributed by atoms with Crippen molar-refractivity contribution in [2.45, 2.75) is 13.3 Å². The Bertz CT molecular complexity index is 407. The summed E-state index contributed by atoms with van der Waals surface area (Å²) in [5, 5.41) is 0. The molecule has 0 saturated carbocycles. The minimum absolute atomic E-state index is 0.0334. The van der Waals surface area contributed by atoms with Crippen LogP contribution < -0.4 is 5.73 Å². The topological polar surface area (TPSA) is 46.3 Å². The third kappa shape index (κ3) is 3.32. The largest absolute Gasteiger partial charge is 0.399 e. The van der Waals surface area contributed by atoms with Gasteiger partial charge in [-0.1, -0.05) is 18.1 Å². The minimum atomic E-state index is 0.0334. The van der Waals surface area contributed by atoms with Gasteiger partial charge in [-0.15, -0.1) is 6.42 Å². The molecule has 0 bridgehead atoms. The lowest BCUT2D eigenvalue weighted by molar-refractivity contribution is -0.129. The van der Waals surface area contributed by atoms with Crippen molar-refractivity contribution in [2.24, 2.45) is 0 Å². The molecular formula is C13H16N2O. The summed E-state index contributed by atoms with van der Waals surface area (Å²) in [5.74, 6) is 2.51. The Kier molecular flexibility index (Phi) is 4.41. The van der Waals surface area contributed by atoms with Gasteiger partial charge in [-0.05, 0) is 24.6 Å². The number of terminal acetylenes is 1. The highest BCUT2D eigenvalue weighted by atomic mass is 16.2. The Balaban J connectivity index is 2.67. The van der Waals surface area contributed by atoms with Crippen LogP contribution in [0.25, 0.3) is 0 Å². The molecule has 1 rings (SSSR count). The molecule has 0 aliphatic heterocycles. The van der Waals surface area contributed by atoms with E-state index in [4.69, 9.17) is 12.2 Å². The van der Waals surface area contributed by atoms with E-state index in [-0.39, 0.29) is 5.91 Å². The maximum atomic E-state index is 11.8. The molecule has 0 aromatic heterocycles. The van der Waals surface area contributed by atoms with E-state index < -0.39 is 0 Å². The zero-order chi connectivity index (χ0) is 12.0. The van der Waals surface area contributed by atoms with Gasteiger partial charge in [-0.3, -0.25) is 4.79 Å². The van der Waals surface area contributed by atoms with Crippen molar-refractivity contribution in [2.75, 3.05) is 18.8 Å². The van der Waals surface area contributed by atoms with Crippen molar-refractivity contribution in [1.29, 1.82) is 0 Å². The molecular weight excluding hydrogens is 200 g/mol. The number of carbonyl (C=O) groups excluding carboxylic acids is 1. The molecule has 0 aliphatic carbocycles. The fraction of sp³-hybridized carbons (Fsp3) is 0.308. The Labute approximate surface area is 96.2 Å². The van der Waals surface area contributed by atoms with Crippen LogP contribution in [0.4, 0.5) is 5.69 Å². The highest BCUT2D eigenvalue weighted by molar-refractivity contribution is 5.79. The van der Waals surface area contributed by atoms with Crippen molar-refractivity contribution < 1.29 is 4.79 Å². The maximum absolute atomic E-state index is 11.8. The van der Waals surface area contributed by atoms with Gasteiger partial charge in [0.05, 0.1) is 13.0 Å². The summed E-state index contributed by atoms with van der Waals surface area (Å²) in [5.41, 5.74) is 7.23. The van der Waals surface area contributed by atoms with Gasteiger partial charge in [0.1, 0.15) is 0 Å². The second-order valence-corrected chi connectivity index (χ2v) is 3.53. The minimum Gasteiger partial charge on any atom is -0.399 e. The molecule has 3 nitrogen and oxygen atoms in total. The number of rotatable bonds is 4. The second kappa shape index (κ2) is 5.82. The van der Waals surface area contributed by atoms with Gasteiger partial charge in [0.25, 0.3) is 0 Å². The van der Waals surface area contributed by atoms with Gasteiger partial charge in [0, 0.05) is 12.2 Å².